The summed E-state index contributed by atoms with van der Waals surface area (Å²) < 4.78 is 6.71. The maximum absolute atomic E-state index is 12.0. The Morgan fingerprint density at radius 1 is 1.14 bits per heavy atom. The minimum absolute atomic E-state index is 0.216. The Morgan fingerprint density at radius 3 is 2.79 bits per heavy atom. The number of hydrogen-bond donors (Lipinski definition) is 1. The Morgan fingerprint density at radius 2 is 1.97 bits per heavy atom. The normalized spacial score (nSPS) is 11.2. The molecular weight excluding hydrogens is 372 g/mol. The van der Waals surface area contributed by atoms with Crippen molar-refractivity contribution < 1.29 is 14.1 Å². The van der Waals surface area contributed by atoms with Crippen molar-refractivity contribution in [3.63, 3.8) is 0 Å². The zero-order chi connectivity index (χ0) is 20.2. The van der Waals surface area contributed by atoms with E-state index in [0.717, 1.165) is 16.3 Å². The van der Waals surface area contributed by atoms with Crippen LogP contribution in [0.5, 0.6) is 0 Å². The summed E-state index contributed by atoms with van der Waals surface area (Å²) in [5.74, 6) is -0.171. The Labute approximate surface area is 165 Å². The third-order valence-electron chi connectivity index (χ3n) is 4.30. The van der Waals surface area contributed by atoms with E-state index in [1.807, 2.05) is 24.3 Å². The van der Waals surface area contributed by atoms with Crippen LogP contribution in [0.2, 0.25) is 0 Å². The number of rotatable bonds is 6. The first kappa shape index (κ1) is 18.2. The predicted molar refractivity (Wildman–Crippen MR) is 108 cm³/mol. The summed E-state index contributed by atoms with van der Waals surface area (Å²) in [7, 11) is 0. The molecule has 144 valence electrons. The lowest BCUT2D eigenvalue weighted by Gasteiger charge is -2.06. The number of nitrogens with one attached hydrogen (secondary N) is 1. The predicted octanol–water partition coefficient (Wildman–Crippen LogP) is 4.24. The Kier molecular flexibility index (Phi) is 4.90. The molecule has 0 saturated heterocycles. The summed E-state index contributed by atoms with van der Waals surface area (Å²) in [5, 5.41) is 19.9. The summed E-state index contributed by atoms with van der Waals surface area (Å²) in [6.45, 7) is 0.573. The van der Waals surface area contributed by atoms with Gasteiger partial charge in [0.25, 0.3) is 0 Å². The molecule has 0 bridgehead atoms. The molecule has 0 aliphatic heterocycles. The molecule has 4 rings (SSSR count). The highest BCUT2D eigenvalue weighted by Crippen LogP contribution is 2.20. The van der Waals surface area contributed by atoms with Crippen LogP contribution in [0, 0.1) is 10.1 Å². The number of nitro groups is 1. The minimum atomic E-state index is -0.639. The van der Waals surface area contributed by atoms with Crippen LogP contribution in [-0.4, -0.2) is 20.6 Å². The molecule has 29 heavy (non-hydrogen) atoms. The SMILES string of the molecule is O=C(/C=C/c1ccc([N+](=O)[O-])o1)Nc1ccn(Cc2cccc3ccccc23)n1. The van der Waals surface area contributed by atoms with Crippen molar-refractivity contribution in [3.05, 3.63) is 94.4 Å². The van der Waals surface area contributed by atoms with Crippen LogP contribution >= 0.6 is 0 Å². The molecule has 1 amide bonds. The number of carbonyl (C=O) groups is 1. The van der Waals surface area contributed by atoms with Gasteiger partial charge in [-0.3, -0.25) is 19.6 Å². The van der Waals surface area contributed by atoms with Crippen LogP contribution in [0.15, 0.2) is 77.4 Å². The van der Waals surface area contributed by atoms with E-state index in [4.69, 9.17) is 4.42 Å². The molecule has 2 aromatic heterocycles. The van der Waals surface area contributed by atoms with Gasteiger partial charge >= 0.3 is 5.88 Å². The van der Waals surface area contributed by atoms with E-state index in [0.29, 0.717) is 12.4 Å². The summed E-state index contributed by atoms with van der Waals surface area (Å²) in [6, 6.07) is 18.6. The first-order valence-corrected chi connectivity index (χ1v) is 8.82. The molecule has 2 heterocycles. The van der Waals surface area contributed by atoms with E-state index in [9.17, 15) is 14.9 Å². The summed E-state index contributed by atoms with van der Waals surface area (Å²) in [5.41, 5.74) is 1.13. The molecule has 2 aromatic carbocycles. The third kappa shape index (κ3) is 4.22. The van der Waals surface area contributed by atoms with Gasteiger partial charge in [0.1, 0.15) is 10.7 Å². The molecule has 0 fully saturated rings. The molecule has 1 N–H and O–H groups in total. The van der Waals surface area contributed by atoms with Crippen LogP contribution in [0.3, 0.4) is 0 Å². The van der Waals surface area contributed by atoms with Crippen LogP contribution < -0.4 is 5.32 Å². The zero-order valence-corrected chi connectivity index (χ0v) is 15.2. The van der Waals surface area contributed by atoms with E-state index in [1.165, 1.54) is 24.3 Å². The fourth-order valence-electron chi connectivity index (χ4n) is 2.98. The fraction of sp³-hybridized carbons (Fsp3) is 0.0476. The van der Waals surface area contributed by atoms with Gasteiger partial charge in [-0.1, -0.05) is 42.5 Å². The second-order valence-electron chi connectivity index (χ2n) is 6.29. The van der Waals surface area contributed by atoms with Gasteiger partial charge in [0.05, 0.1) is 12.6 Å². The Hall–Kier alpha value is -4.20. The van der Waals surface area contributed by atoms with Crippen molar-refractivity contribution >= 4 is 34.5 Å². The number of anilines is 1. The summed E-state index contributed by atoms with van der Waals surface area (Å²) >= 11 is 0. The molecule has 8 heteroatoms. The minimum Gasteiger partial charge on any atom is -0.401 e. The van der Waals surface area contributed by atoms with Crippen LogP contribution in [0.4, 0.5) is 11.7 Å². The Bertz CT molecular complexity index is 1220. The third-order valence-corrected chi connectivity index (χ3v) is 4.30. The molecule has 4 aromatic rings. The van der Waals surface area contributed by atoms with Crippen molar-refractivity contribution in [3.8, 4) is 0 Å². The molecule has 0 spiro atoms. The molecule has 0 aliphatic carbocycles. The molecule has 0 atom stereocenters. The van der Waals surface area contributed by atoms with E-state index in [2.05, 4.69) is 28.6 Å². The van der Waals surface area contributed by atoms with Crippen molar-refractivity contribution in [1.29, 1.82) is 0 Å². The van der Waals surface area contributed by atoms with Gasteiger partial charge in [-0.25, -0.2) is 0 Å². The number of hydrogen-bond acceptors (Lipinski definition) is 5. The van der Waals surface area contributed by atoms with Gasteiger partial charge in [0, 0.05) is 18.3 Å². The van der Waals surface area contributed by atoms with Gasteiger partial charge in [0.15, 0.2) is 5.82 Å². The number of benzene rings is 2. The van der Waals surface area contributed by atoms with Gasteiger partial charge in [-0.05, 0) is 28.5 Å². The maximum atomic E-state index is 12.0. The van der Waals surface area contributed by atoms with Crippen LogP contribution in [-0.2, 0) is 11.3 Å². The topological polar surface area (TPSA) is 103 Å². The zero-order valence-electron chi connectivity index (χ0n) is 15.2. The van der Waals surface area contributed by atoms with E-state index < -0.39 is 10.8 Å². The smallest absolute Gasteiger partial charge is 0.401 e. The molecule has 8 nitrogen and oxygen atoms in total. The average molecular weight is 388 g/mol. The highest BCUT2D eigenvalue weighted by Gasteiger charge is 2.10. The second-order valence-corrected chi connectivity index (χ2v) is 6.29. The van der Waals surface area contributed by atoms with Crippen LogP contribution in [0.25, 0.3) is 16.8 Å². The monoisotopic (exact) mass is 388 g/mol. The van der Waals surface area contributed by atoms with E-state index >= 15 is 0 Å². The lowest BCUT2D eigenvalue weighted by molar-refractivity contribution is -0.402. The van der Waals surface area contributed by atoms with Crippen molar-refractivity contribution in [2.75, 3.05) is 5.32 Å². The quantitative estimate of drug-likeness (QED) is 0.302. The second kappa shape index (κ2) is 7.81. The largest absolute Gasteiger partial charge is 0.433 e. The molecule has 0 saturated carbocycles. The van der Waals surface area contributed by atoms with Gasteiger partial charge in [0.2, 0.25) is 5.91 Å². The first-order chi connectivity index (χ1) is 14.1. The molecular formula is C21H16N4O4. The number of fused-ring (bicyclic) bond motifs is 1. The number of nitrogens with zero attached hydrogens (tertiary/aromatic N) is 3. The number of furan rings is 1. The molecule has 0 unspecified atom stereocenters. The van der Waals surface area contributed by atoms with E-state index in [1.54, 1.807) is 16.9 Å². The number of carbonyl (C=O) groups excluding carboxylic acids is 1. The lowest BCUT2D eigenvalue weighted by atomic mass is 10.0. The summed E-state index contributed by atoms with van der Waals surface area (Å²) in [4.78, 5) is 22.0. The highest BCUT2D eigenvalue weighted by molar-refractivity contribution is 6.01. The van der Waals surface area contributed by atoms with Gasteiger partial charge in [-0.15, -0.1) is 0 Å². The average Bonchev–Trinajstić information content (AvgIpc) is 3.36. The lowest BCUT2D eigenvalue weighted by Crippen LogP contribution is -2.09. The van der Waals surface area contributed by atoms with Crippen LogP contribution in [0.1, 0.15) is 11.3 Å². The van der Waals surface area contributed by atoms with E-state index in [-0.39, 0.29) is 11.6 Å². The molecule has 0 aliphatic rings. The van der Waals surface area contributed by atoms with Crippen molar-refractivity contribution in [2.45, 2.75) is 6.54 Å². The first-order valence-electron chi connectivity index (χ1n) is 8.82. The Balaban J connectivity index is 1.41. The van der Waals surface area contributed by atoms with Crippen molar-refractivity contribution in [2.24, 2.45) is 0 Å². The fourth-order valence-corrected chi connectivity index (χ4v) is 2.98. The molecule has 0 radical (unpaired) electrons. The van der Waals surface area contributed by atoms with Gasteiger partial charge < -0.3 is 9.73 Å². The standard InChI is InChI=1S/C21H16N4O4/c26-20(10-8-17-9-11-21(29-17)25(27)28)22-19-12-13-24(23-19)14-16-6-3-5-15-4-1-2-7-18(15)16/h1-13H,14H2,(H,22,23,26)/b10-8+. The number of aromatic nitrogens is 2. The number of amides is 1. The van der Waals surface area contributed by atoms with Gasteiger partial charge in [-0.2, -0.15) is 5.10 Å². The maximum Gasteiger partial charge on any atom is 0.433 e. The van der Waals surface area contributed by atoms with Crippen molar-refractivity contribution in [1.82, 2.24) is 9.78 Å². The summed E-state index contributed by atoms with van der Waals surface area (Å²) in [6.07, 6.45) is 4.37. The highest BCUT2D eigenvalue weighted by atomic mass is 16.6.